The summed E-state index contributed by atoms with van der Waals surface area (Å²) in [6, 6.07) is 20.7. The number of Topliss-reactive ketones (excluding diaryl/α,β-unsaturated/α-hetero) is 1. The lowest BCUT2D eigenvalue weighted by Gasteiger charge is -2.19. The normalized spacial score (nSPS) is 11.9. The van der Waals surface area contributed by atoms with Crippen LogP contribution >= 0.6 is 0 Å². The summed E-state index contributed by atoms with van der Waals surface area (Å²) >= 11 is 0. The van der Waals surface area contributed by atoms with Gasteiger partial charge in [0.1, 0.15) is 0 Å². The summed E-state index contributed by atoms with van der Waals surface area (Å²) < 4.78 is 52.6. The van der Waals surface area contributed by atoms with Crippen molar-refractivity contribution in [2.24, 2.45) is 0 Å². The number of hydrogen-bond acceptors (Lipinski definition) is 6. The van der Waals surface area contributed by atoms with Crippen LogP contribution in [0.25, 0.3) is 0 Å². The molecule has 0 atom stereocenters. The summed E-state index contributed by atoms with van der Waals surface area (Å²) in [5.41, 5.74) is 1.36. The molecule has 8 nitrogen and oxygen atoms in total. The van der Waals surface area contributed by atoms with Gasteiger partial charge in [0.15, 0.2) is 5.78 Å². The predicted octanol–water partition coefficient (Wildman–Crippen LogP) is 3.06. The number of sulfonamides is 2. The number of carbonyl (C=O) groups excluding carboxylic acids is 1. The van der Waals surface area contributed by atoms with Gasteiger partial charge in [0, 0.05) is 32.4 Å². The molecule has 10 heteroatoms. The van der Waals surface area contributed by atoms with Crippen molar-refractivity contribution in [3.8, 4) is 0 Å². The van der Waals surface area contributed by atoms with E-state index in [1.807, 2.05) is 6.07 Å². The van der Waals surface area contributed by atoms with Crippen molar-refractivity contribution in [3.05, 3.63) is 84.4 Å². The van der Waals surface area contributed by atoms with Crippen LogP contribution in [-0.4, -0.2) is 54.6 Å². The molecule has 0 aliphatic rings. The molecule has 3 rings (SSSR count). The molecular weight excluding hydrogens is 462 g/mol. The molecule has 1 N–H and O–H groups in total. The highest BCUT2D eigenvalue weighted by Crippen LogP contribution is 2.23. The van der Waals surface area contributed by atoms with Gasteiger partial charge in [-0.05, 0) is 48.5 Å². The van der Waals surface area contributed by atoms with Gasteiger partial charge in [-0.15, -0.1) is 0 Å². The second kappa shape index (κ2) is 9.74. The molecule has 3 aromatic rings. The van der Waals surface area contributed by atoms with Gasteiger partial charge in [0.25, 0.3) is 10.0 Å². The molecule has 0 fully saturated rings. The van der Waals surface area contributed by atoms with Gasteiger partial charge in [-0.25, -0.2) is 21.1 Å². The minimum Gasteiger partial charge on any atom is -0.378 e. The van der Waals surface area contributed by atoms with Crippen LogP contribution in [0.3, 0.4) is 0 Å². The first-order valence-corrected chi connectivity index (χ1v) is 12.9. The highest BCUT2D eigenvalue weighted by molar-refractivity contribution is 7.92. The minimum atomic E-state index is -3.73. The molecule has 0 saturated carbocycles. The SMILES string of the molecule is CN(C)S(=O)(=O)c1cccc(C(=O)CNc2ccc(S(=O)(=O)N(C)c3ccccc3)cc2)c1. The average molecular weight is 488 g/mol. The van der Waals surface area contributed by atoms with E-state index in [1.54, 1.807) is 42.5 Å². The van der Waals surface area contributed by atoms with Crippen molar-refractivity contribution < 1.29 is 21.6 Å². The predicted molar refractivity (Wildman–Crippen MR) is 129 cm³/mol. The lowest BCUT2D eigenvalue weighted by Crippen LogP contribution is -2.26. The Morgan fingerprint density at radius 3 is 2.00 bits per heavy atom. The van der Waals surface area contributed by atoms with E-state index < -0.39 is 20.0 Å². The van der Waals surface area contributed by atoms with Crippen LogP contribution in [0.5, 0.6) is 0 Å². The van der Waals surface area contributed by atoms with Crippen LogP contribution in [0.4, 0.5) is 11.4 Å². The Hall–Kier alpha value is -3.21. The largest absolute Gasteiger partial charge is 0.378 e. The fraction of sp³-hybridized carbons (Fsp3) is 0.174. The number of para-hydroxylation sites is 1. The molecule has 33 heavy (non-hydrogen) atoms. The molecule has 0 radical (unpaired) electrons. The molecule has 174 valence electrons. The molecule has 0 unspecified atom stereocenters. The Kier molecular flexibility index (Phi) is 7.21. The number of benzene rings is 3. The topological polar surface area (TPSA) is 104 Å². The Balaban J connectivity index is 1.69. The Morgan fingerprint density at radius 1 is 0.758 bits per heavy atom. The molecule has 0 amide bonds. The maximum absolute atomic E-state index is 12.9. The Bertz CT molecular complexity index is 1340. The van der Waals surface area contributed by atoms with Gasteiger partial charge in [-0.3, -0.25) is 9.10 Å². The van der Waals surface area contributed by atoms with Crippen molar-refractivity contribution >= 4 is 37.2 Å². The number of hydrogen-bond donors (Lipinski definition) is 1. The van der Waals surface area contributed by atoms with Crippen molar-refractivity contribution in [2.75, 3.05) is 37.3 Å². The first-order valence-electron chi connectivity index (χ1n) is 9.97. The first kappa shape index (κ1) is 24.4. The maximum atomic E-state index is 12.9. The summed E-state index contributed by atoms with van der Waals surface area (Å²) in [7, 11) is -3.04. The minimum absolute atomic E-state index is 0.0374. The lowest BCUT2D eigenvalue weighted by atomic mass is 10.1. The molecule has 0 saturated heterocycles. The molecule has 0 spiro atoms. The number of ketones is 1. The van der Waals surface area contributed by atoms with Crippen LogP contribution in [0.1, 0.15) is 10.4 Å². The second-order valence-electron chi connectivity index (χ2n) is 7.42. The van der Waals surface area contributed by atoms with Gasteiger partial charge in [-0.1, -0.05) is 30.3 Å². The third-order valence-electron chi connectivity index (χ3n) is 5.02. The second-order valence-corrected chi connectivity index (χ2v) is 11.5. The maximum Gasteiger partial charge on any atom is 0.264 e. The van der Waals surface area contributed by atoms with E-state index in [0.717, 1.165) is 4.31 Å². The van der Waals surface area contributed by atoms with Gasteiger partial charge in [0.2, 0.25) is 10.0 Å². The Labute approximate surface area is 194 Å². The monoisotopic (exact) mass is 487 g/mol. The van der Waals surface area contributed by atoms with Crippen molar-refractivity contribution in [3.63, 3.8) is 0 Å². The highest BCUT2D eigenvalue weighted by Gasteiger charge is 2.21. The van der Waals surface area contributed by atoms with E-state index >= 15 is 0 Å². The zero-order chi connectivity index (χ0) is 24.2. The standard InChI is InChI=1S/C23H25N3O5S2/c1-25(2)32(28,29)22-11-7-8-18(16-22)23(27)17-24-19-12-14-21(15-13-19)33(30,31)26(3)20-9-5-4-6-10-20/h4-16,24H,17H2,1-3H3. The van der Waals surface area contributed by atoms with Crippen molar-refractivity contribution in [1.29, 1.82) is 0 Å². The van der Waals surface area contributed by atoms with E-state index in [0.29, 0.717) is 11.4 Å². The number of nitrogens with one attached hydrogen (secondary N) is 1. The smallest absolute Gasteiger partial charge is 0.264 e. The Morgan fingerprint density at radius 2 is 1.39 bits per heavy atom. The van der Waals surface area contributed by atoms with Gasteiger partial charge in [0.05, 0.1) is 22.0 Å². The number of rotatable bonds is 9. The van der Waals surface area contributed by atoms with Crippen molar-refractivity contribution in [1.82, 2.24) is 4.31 Å². The summed E-state index contributed by atoms with van der Waals surface area (Å²) in [6.07, 6.45) is 0. The van der Waals surface area contributed by atoms with E-state index in [-0.39, 0.29) is 27.7 Å². The van der Waals surface area contributed by atoms with Crippen LogP contribution in [0.15, 0.2) is 88.7 Å². The van der Waals surface area contributed by atoms with Gasteiger partial charge >= 0.3 is 0 Å². The van der Waals surface area contributed by atoms with E-state index in [4.69, 9.17) is 0 Å². The summed E-state index contributed by atoms with van der Waals surface area (Å²) in [5, 5.41) is 2.95. The number of carbonyl (C=O) groups is 1. The van der Waals surface area contributed by atoms with Crippen LogP contribution < -0.4 is 9.62 Å². The molecule has 0 aromatic heterocycles. The fourth-order valence-corrected chi connectivity index (χ4v) is 5.15. The summed E-state index contributed by atoms with van der Waals surface area (Å²) in [5.74, 6) is -0.300. The highest BCUT2D eigenvalue weighted by atomic mass is 32.2. The zero-order valence-electron chi connectivity index (χ0n) is 18.5. The fourth-order valence-electron chi connectivity index (χ4n) is 3.00. The number of nitrogens with zero attached hydrogens (tertiary/aromatic N) is 2. The quantitative estimate of drug-likeness (QED) is 0.465. The molecular formula is C23H25N3O5S2. The van der Waals surface area contributed by atoms with E-state index in [9.17, 15) is 21.6 Å². The molecule has 0 bridgehead atoms. The third kappa shape index (κ3) is 5.41. The zero-order valence-corrected chi connectivity index (χ0v) is 20.1. The number of anilines is 2. The van der Waals surface area contributed by atoms with Crippen LogP contribution in [-0.2, 0) is 20.0 Å². The van der Waals surface area contributed by atoms with Gasteiger partial charge in [-0.2, -0.15) is 0 Å². The molecule has 0 heterocycles. The molecule has 0 aliphatic carbocycles. The molecule has 3 aromatic carbocycles. The van der Waals surface area contributed by atoms with Crippen LogP contribution in [0, 0.1) is 0 Å². The van der Waals surface area contributed by atoms with Crippen LogP contribution in [0.2, 0.25) is 0 Å². The van der Waals surface area contributed by atoms with E-state index in [2.05, 4.69) is 5.32 Å². The molecule has 0 aliphatic heterocycles. The average Bonchev–Trinajstić information content (AvgIpc) is 2.82. The van der Waals surface area contributed by atoms with E-state index in [1.165, 1.54) is 55.8 Å². The third-order valence-corrected chi connectivity index (χ3v) is 8.63. The van der Waals surface area contributed by atoms with Crippen molar-refractivity contribution in [2.45, 2.75) is 9.79 Å². The summed E-state index contributed by atoms with van der Waals surface area (Å²) in [4.78, 5) is 12.7. The lowest BCUT2D eigenvalue weighted by molar-refractivity contribution is 0.101. The van der Waals surface area contributed by atoms with Gasteiger partial charge < -0.3 is 5.32 Å². The first-order chi connectivity index (χ1) is 15.5. The summed E-state index contributed by atoms with van der Waals surface area (Å²) in [6.45, 7) is -0.0819.